The number of rotatable bonds is 0. The summed E-state index contributed by atoms with van der Waals surface area (Å²) in [6, 6.07) is 18.3. The third-order valence-electron chi connectivity index (χ3n) is 2.74. The number of pyridine rings is 2. The number of hydrogen-bond acceptors (Lipinski definition) is 3. The molecule has 0 spiro atoms. The minimum Gasteiger partial charge on any atom is -0.237 e. The van der Waals surface area contributed by atoms with Crippen molar-refractivity contribution in [3.8, 4) is 0 Å². The van der Waals surface area contributed by atoms with E-state index >= 15 is 0 Å². The highest BCUT2D eigenvalue weighted by Gasteiger charge is 1.88. The van der Waals surface area contributed by atoms with Gasteiger partial charge >= 0.3 is 0 Å². The third-order valence-corrected chi connectivity index (χ3v) is 3.64. The van der Waals surface area contributed by atoms with Crippen LogP contribution in [-0.2, 0) is 0 Å². The summed E-state index contributed by atoms with van der Waals surface area (Å²) in [6.07, 6.45) is 3.49. The van der Waals surface area contributed by atoms with E-state index in [4.69, 9.17) is 0 Å². The standard InChI is InChI=1S/C8H6N2.C8H6S/c1-3-7-4-2-6-10-8(7)9-5-1;1-2-4-8-7(3-1)5-6-9-8/h1-6H;1-6H. The molecule has 0 saturated heterocycles. The zero-order valence-corrected chi connectivity index (χ0v) is 11.0. The van der Waals surface area contributed by atoms with E-state index in [0.717, 1.165) is 11.0 Å². The van der Waals surface area contributed by atoms with E-state index in [9.17, 15) is 0 Å². The monoisotopic (exact) mass is 264 g/mol. The molecular formula is C16H12N2S. The molecule has 3 heterocycles. The maximum Gasteiger partial charge on any atom is 0.159 e. The molecule has 0 saturated carbocycles. The fourth-order valence-electron chi connectivity index (χ4n) is 1.81. The Balaban J connectivity index is 0.000000117. The fourth-order valence-corrected chi connectivity index (χ4v) is 2.60. The molecule has 92 valence electrons. The van der Waals surface area contributed by atoms with Gasteiger partial charge in [0.15, 0.2) is 5.65 Å². The summed E-state index contributed by atoms with van der Waals surface area (Å²) in [4.78, 5) is 8.14. The number of nitrogens with zero attached hydrogens (tertiary/aromatic N) is 2. The molecule has 0 aliphatic carbocycles. The second-order valence-corrected chi connectivity index (χ2v) is 4.96. The van der Waals surface area contributed by atoms with Crippen molar-refractivity contribution in [3.05, 3.63) is 72.4 Å². The molecule has 2 nitrogen and oxygen atoms in total. The molecule has 0 atom stereocenters. The third kappa shape index (κ3) is 2.77. The van der Waals surface area contributed by atoms with E-state index in [2.05, 4.69) is 45.7 Å². The Morgan fingerprint density at radius 1 is 0.684 bits per heavy atom. The predicted octanol–water partition coefficient (Wildman–Crippen LogP) is 4.53. The van der Waals surface area contributed by atoms with Crippen LogP contribution in [-0.4, -0.2) is 9.97 Å². The Hall–Kier alpha value is -2.26. The van der Waals surface area contributed by atoms with E-state index in [1.165, 1.54) is 10.1 Å². The topological polar surface area (TPSA) is 25.8 Å². The summed E-state index contributed by atoms with van der Waals surface area (Å²) in [5.41, 5.74) is 0.810. The molecule has 0 aliphatic rings. The van der Waals surface area contributed by atoms with E-state index < -0.39 is 0 Å². The molecule has 3 heteroatoms. The highest BCUT2D eigenvalue weighted by Crippen LogP contribution is 2.18. The van der Waals surface area contributed by atoms with Crippen LogP contribution in [0.25, 0.3) is 21.1 Å². The van der Waals surface area contributed by atoms with Crippen molar-refractivity contribution in [1.82, 2.24) is 9.97 Å². The molecule has 0 aliphatic heterocycles. The Morgan fingerprint density at radius 3 is 2.05 bits per heavy atom. The summed E-state index contributed by atoms with van der Waals surface area (Å²) in [5, 5.41) is 4.55. The number of benzene rings is 1. The summed E-state index contributed by atoms with van der Waals surface area (Å²) in [6.45, 7) is 0. The molecule has 3 aromatic heterocycles. The van der Waals surface area contributed by atoms with Crippen LogP contribution < -0.4 is 0 Å². The van der Waals surface area contributed by atoms with Crippen molar-refractivity contribution in [3.63, 3.8) is 0 Å². The maximum atomic E-state index is 4.07. The van der Waals surface area contributed by atoms with Gasteiger partial charge in [0.05, 0.1) is 0 Å². The minimum absolute atomic E-state index is 0.810. The fraction of sp³-hybridized carbons (Fsp3) is 0. The van der Waals surface area contributed by atoms with Crippen molar-refractivity contribution in [1.29, 1.82) is 0 Å². The largest absolute Gasteiger partial charge is 0.237 e. The van der Waals surface area contributed by atoms with Crippen molar-refractivity contribution >= 4 is 32.5 Å². The predicted molar refractivity (Wildman–Crippen MR) is 81.4 cm³/mol. The molecule has 4 aromatic rings. The summed E-state index contributed by atoms with van der Waals surface area (Å²) < 4.78 is 1.37. The van der Waals surface area contributed by atoms with Crippen LogP contribution in [0.4, 0.5) is 0 Å². The molecule has 0 radical (unpaired) electrons. The van der Waals surface area contributed by atoms with Crippen LogP contribution >= 0.6 is 11.3 Å². The van der Waals surface area contributed by atoms with Gasteiger partial charge in [0.2, 0.25) is 0 Å². The number of aromatic nitrogens is 2. The van der Waals surface area contributed by atoms with Crippen LogP contribution in [0, 0.1) is 0 Å². The highest BCUT2D eigenvalue weighted by molar-refractivity contribution is 7.17. The Bertz CT molecular complexity index is 697. The van der Waals surface area contributed by atoms with Crippen LogP contribution in [0.5, 0.6) is 0 Å². The van der Waals surface area contributed by atoms with Crippen LogP contribution in [0.3, 0.4) is 0 Å². The average molecular weight is 264 g/mol. The Labute approximate surface area is 115 Å². The quantitative estimate of drug-likeness (QED) is 0.466. The molecule has 0 N–H and O–H groups in total. The average Bonchev–Trinajstić information content (AvgIpc) is 2.96. The first-order valence-electron chi connectivity index (χ1n) is 6.01. The van der Waals surface area contributed by atoms with Crippen LogP contribution in [0.1, 0.15) is 0 Å². The SMILES string of the molecule is c1ccc2sccc2c1.c1cnc2ncccc2c1. The lowest BCUT2D eigenvalue weighted by Gasteiger charge is -1.90. The summed E-state index contributed by atoms with van der Waals surface area (Å²) in [5.74, 6) is 0. The second kappa shape index (κ2) is 5.59. The molecule has 0 amide bonds. The lowest BCUT2D eigenvalue weighted by atomic mass is 10.3. The van der Waals surface area contributed by atoms with Gasteiger partial charge in [-0.15, -0.1) is 11.3 Å². The van der Waals surface area contributed by atoms with Crippen molar-refractivity contribution in [2.75, 3.05) is 0 Å². The van der Waals surface area contributed by atoms with Crippen molar-refractivity contribution < 1.29 is 0 Å². The first-order chi connectivity index (χ1) is 9.43. The minimum atomic E-state index is 0.810. The van der Waals surface area contributed by atoms with Gasteiger partial charge in [0.25, 0.3) is 0 Å². The number of hydrogen-bond donors (Lipinski definition) is 0. The summed E-state index contributed by atoms with van der Waals surface area (Å²) >= 11 is 1.79. The molecule has 4 rings (SSSR count). The summed E-state index contributed by atoms with van der Waals surface area (Å²) in [7, 11) is 0. The van der Waals surface area contributed by atoms with Gasteiger partial charge in [0, 0.05) is 22.5 Å². The van der Waals surface area contributed by atoms with Gasteiger partial charge in [-0.2, -0.15) is 0 Å². The smallest absolute Gasteiger partial charge is 0.159 e. The Morgan fingerprint density at radius 2 is 1.37 bits per heavy atom. The molecular weight excluding hydrogens is 252 g/mol. The van der Waals surface area contributed by atoms with Crippen LogP contribution in [0.15, 0.2) is 72.4 Å². The van der Waals surface area contributed by atoms with E-state index in [0.29, 0.717) is 0 Å². The van der Waals surface area contributed by atoms with E-state index in [-0.39, 0.29) is 0 Å². The first-order valence-corrected chi connectivity index (χ1v) is 6.89. The van der Waals surface area contributed by atoms with Gasteiger partial charge in [0.1, 0.15) is 0 Å². The molecule has 19 heavy (non-hydrogen) atoms. The lowest BCUT2D eigenvalue weighted by molar-refractivity contribution is 1.29. The highest BCUT2D eigenvalue weighted by atomic mass is 32.1. The first kappa shape index (κ1) is 11.8. The zero-order chi connectivity index (χ0) is 12.9. The van der Waals surface area contributed by atoms with Gasteiger partial charge in [-0.25, -0.2) is 9.97 Å². The number of thiophene rings is 1. The van der Waals surface area contributed by atoms with Gasteiger partial charge in [-0.05, 0) is 47.2 Å². The molecule has 0 fully saturated rings. The van der Waals surface area contributed by atoms with Gasteiger partial charge in [-0.3, -0.25) is 0 Å². The van der Waals surface area contributed by atoms with Gasteiger partial charge < -0.3 is 0 Å². The van der Waals surface area contributed by atoms with E-state index in [1.54, 1.807) is 23.7 Å². The van der Waals surface area contributed by atoms with Crippen molar-refractivity contribution in [2.24, 2.45) is 0 Å². The normalized spacial score (nSPS) is 10.1. The zero-order valence-electron chi connectivity index (χ0n) is 10.2. The van der Waals surface area contributed by atoms with Gasteiger partial charge in [-0.1, -0.05) is 18.2 Å². The Kier molecular flexibility index (Phi) is 3.47. The molecule has 0 unspecified atom stereocenters. The maximum absolute atomic E-state index is 4.07. The van der Waals surface area contributed by atoms with E-state index in [1.807, 2.05) is 24.3 Å². The molecule has 0 bridgehead atoms. The van der Waals surface area contributed by atoms with Crippen LogP contribution in [0.2, 0.25) is 0 Å². The number of fused-ring (bicyclic) bond motifs is 2. The molecule has 1 aromatic carbocycles. The van der Waals surface area contributed by atoms with Crippen molar-refractivity contribution in [2.45, 2.75) is 0 Å². The second-order valence-electron chi connectivity index (χ2n) is 4.01. The lowest BCUT2D eigenvalue weighted by Crippen LogP contribution is -1.78.